The molecule has 0 bridgehead atoms. The second-order valence-electron chi connectivity index (χ2n) is 3.59. The van der Waals surface area contributed by atoms with Crippen molar-refractivity contribution in [2.75, 3.05) is 13.2 Å². The lowest BCUT2D eigenvalue weighted by Crippen LogP contribution is -2.09. The van der Waals surface area contributed by atoms with Crippen molar-refractivity contribution in [1.82, 2.24) is 0 Å². The van der Waals surface area contributed by atoms with Crippen LogP contribution in [0.25, 0.3) is 0 Å². The van der Waals surface area contributed by atoms with Gasteiger partial charge in [0.25, 0.3) is 0 Å². The Morgan fingerprint density at radius 2 is 2.20 bits per heavy atom. The molecule has 1 atom stereocenters. The summed E-state index contributed by atoms with van der Waals surface area (Å²) in [6.45, 7) is 5.00. The largest absolute Gasteiger partial charge is 0.386 e. The van der Waals surface area contributed by atoms with Gasteiger partial charge in [0.05, 0.1) is 6.61 Å². The van der Waals surface area contributed by atoms with E-state index in [4.69, 9.17) is 16.3 Å². The fraction of sp³-hybridized carbons (Fsp3) is 0.500. The Bertz CT molecular complexity index is 312. The molecule has 1 unspecified atom stereocenters. The van der Waals surface area contributed by atoms with Crippen LogP contribution in [0.15, 0.2) is 18.2 Å². The Morgan fingerprint density at radius 3 is 2.80 bits per heavy atom. The van der Waals surface area contributed by atoms with E-state index in [-0.39, 0.29) is 0 Å². The van der Waals surface area contributed by atoms with Crippen molar-refractivity contribution in [3.05, 3.63) is 34.3 Å². The van der Waals surface area contributed by atoms with E-state index in [1.807, 2.05) is 26.0 Å². The number of rotatable bonds is 5. The van der Waals surface area contributed by atoms with Crippen molar-refractivity contribution in [3.63, 3.8) is 0 Å². The molecule has 1 aromatic carbocycles. The summed E-state index contributed by atoms with van der Waals surface area (Å²) in [6, 6.07) is 5.48. The van der Waals surface area contributed by atoms with E-state index in [0.29, 0.717) is 18.2 Å². The summed E-state index contributed by atoms with van der Waals surface area (Å²) in [6.07, 6.45) is 0.403. The van der Waals surface area contributed by atoms with Crippen molar-refractivity contribution in [3.8, 4) is 0 Å². The number of ether oxygens (including phenoxy) is 1. The van der Waals surface area contributed by atoms with Gasteiger partial charge in [-0.1, -0.05) is 24.6 Å². The van der Waals surface area contributed by atoms with Gasteiger partial charge in [0.15, 0.2) is 0 Å². The molecule has 0 aliphatic carbocycles. The Labute approximate surface area is 95.8 Å². The molecule has 0 amide bonds. The van der Waals surface area contributed by atoms with Gasteiger partial charge in [-0.15, -0.1) is 0 Å². The average Bonchev–Trinajstić information content (AvgIpc) is 2.17. The topological polar surface area (TPSA) is 29.5 Å². The van der Waals surface area contributed by atoms with Crippen LogP contribution < -0.4 is 0 Å². The van der Waals surface area contributed by atoms with Crippen LogP contribution in [0.4, 0.5) is 0 Å². The number of benzene rings is 1. The number of aliphatic hydroxyl groups is 1. The van der Waals surface area contributed by atoms with Crippen LogP contribution in [0.5, 0.6) is 0 Å². The van der Waals surface area contributed by atoms with Crippen LogP contribution in [0.1, 0.15) is 30.6 Å². The first-order chi connectivity index (χ1) is 7.15. The molecule has 84 valence electrons. The van der Waals surface area contributed by atoms with Gasteiger partial charge in [-0.2, -0.15) is 0 Å². The van der Waals surface area contributed by atoms with Gasteiger partial charge in [-0.3, -0.25) is 0 Å². The summed E-state index contributed by atoms with van der Waals surface area (Å²) in [4.78, 5) is 0. The normalized spacial score (nSPS) is 12.8. The minimum Gasteiger partial charge on any atom is -0.386 e. The molecule has 0 aliphatic heterocycles. The molecule has 2 nitrogen and oxygen atoms in total. The van der Waals surface area contributed by atoms with Gasteiger partial charge in [0.1, 0.15) is 6.10 Å². The monoisotopic (exact) mass is 228 g/mol. The maximum Gasteiger partial charge on any atom is 0.103 e. The molecular formula is C12H17ClO2. The molecule has 0 radical (unpaired) electrons. The zero-order valence-electron chi connectivity index (χ0n) is 9.16. The van der Waals surface area contributed by atoms with Crippen LogP contribution >= 0.6 is 11.6 Å². The Kier molecular flexibility index (Phi) is 5.09. The third kappa shape index (κ3) is 3.82. The van der Waals surface area contributed by atoms with Gasteiger partial charge >= 0.3 is 0 Å². The fourth-order valence-corrected chi connectivity index (χ4v) is 1.67. The standard InChI is InChI=1S/C12H17ClO2/c1-3-6-15-8-12(14)11-5-4-10(13)7-9(11)2/h4-5,7,12,14H,3,6,8H2,1-2H3. The minimum absolute atomic E-state index is 0.344. The van der Waals surface area contributed by atoms with E-state index in [2.05, 4.69) is 0 Å². The highest BCUT2D eigenvalue weighted by Crippen LogP contribution is 2.21. The number of aliphatic hydroxyl groups excluding tert-OH is 1. The van der Waals surface area contributed by atoms with E-state index >= 15 is 0 Å². The van der Waals surface area contributed by atoms with E-state index in [1.54, 1.807) is 6.07 Å². The SMILES string of the molecule is CCCOCC(O)c1ccc(Cl)cc1C. The second kappa shape index (κ2) is 6.11. The van der Waals surface area contributed by atoms with Crippen molar-refractivity contribution in [1.29, 1.82) is 0 Å². The molecule has 0 aliphatic rings. The molecule has 0 saturated carbocycles. The maximum atomic E-state index is 9.85. The highest BCUT2D eigenvalue weighted by Gasteiger charge is 2.10. The third-order valence-corrected chi connectivity index (χ3v) is 2.45. The predicted octanol–water partition coefficient (Wildman–Crippen LogP) is 3.11. The van der Waals surface area contributed by atoms with Crippen LogP contribution in [0.2, 0.25) is 5.02 Å². The molecule has 0 aromatic heterocycles. The zero-order valence-corrected chi connectivity index (χ0v) is 9.92. The van der Waals surface area contributed by atoms with Gasteiger partial charge in [0, 0.05) is 11.6 Å². The summed E-state index contributed by atoms with van der Waals surface area (Å²) in [5.74, 6) is 0. The average molecular weight is 229 g/mol. The summed E-state index contributed by atoms with van der Waals surface area (Å²) >= 11 is 5.84. The van der Waals surface area contributed by atoms with E-state index in [9.17, 15) is 5.11 Å². The van der Waals surface area contributed by atoms with Gasteiger partial charge in [0.2, 0.25) is 0 Å². The number of hydrogen-bond acceptors (Lipinski definition) is 2. The molecule has 1 rings (SSSR count). The smallest absolute Gasteiger partial charge is 0.103 e. The number of halogens is 1. The van der Waals surface area contributed by atoms with E-state index < -0.39 is 6.10 Å². The Balaban J connectivity index is 2.61. The first kappa shape index (κ1) is 12.5. The molecular weight excluding hydrogens is 212 g/mol. The lowest BCUT2D eigenvalue weighted by molar-refractivity contribution is 0.0361. The van der Waals surface area contributed by atoms with E-state index in [0.717, 1.165) is 17.5 Å². The fourth-order valence-electron chi connectivity index (χ4n) is 1.44. The highest BCUT2D eigenvalue weighted by atomic mass is 35.5. The van der Waals surface area contributed by atoms with Crippen LogP contribution in [-0.2, 0) is 4.74 Å². The number of hydrogen-bond donors (Lipinski definition) is 1. The van der Waals surface area contributed by atoms with Gasteiger partial charge in [-0.25, -0.2) is 0 Å². The molecule has 1 aromatic rings. The minimum atomic E-state index is -0.561. The van der Waals surface area contributed by atoms with Crippen LogP contribution in [-0.4, -0.2) is 18.3 Å². The lowest BCUT2D eigenvalue weighted by Gasteiger charge is -2.14. The maximum absolute atomic E-state index is 9.85. The molecule has 1 N–H and O–H groups in total. The molecule has 0 spiro atoms. The van der Waals surface area contributed by atoms with Crippen LogP contribution in [0.3, 0.4) is 0 Å². The highest BCUT2D eigenvalue weighted by molar-refractivity contribution is 6.30. The zero-order chi connectivity index (χ0) is 11.3. The van der Waals surface area contributed by atoms with Gasteiger partial charge < -0.3 is 9.84 Å². The molecule has 15 heavy (non-hydrogen) atoms. The number of aryl methyl sites for hydroxylation is 1. The summed E-state index contributed by atoms with van der Waals surface area (Å²) in [7, 11) is 0. The quantitative estimate of drug-likeness (QED) is 0.785. The first-order valence-electron chi connectivity index (χ1n) is 5.17. The first-order valence-corrected chi connectivity index (χ1v) is 5.54. The molecule has 0 heterocycles. The van der Waals surface area contributed by atoms with Crippen molar-refractivity contribution < 1.29 is 9.84 Å². The van der Waals surface area contributed by atoms with E-state index in [1.165, 1.54) is 0 Å². The summed E-state index contributed by atoms with van der Waals surface area (Å²) < 4.78 is 5.30. The third-order valence-electron chi connectivity index (χ3n) is 2.22. The van der Waals surface area contributed by atoms with Crippen LogP contribution in [0, 0.1) is 6.92 Å². The summed E-state index contributed by atoms with van der Waals surface area (Å²) in [5.41, 5.74) is 1.88. The molecule has 3 heteroatoms. The molecule has 0 saturated heterocycles. The predicted molar refractivity (Wildman–Crippen MR) is 62.3 cm³/mol. The Hall–Kier alpha value is -0.570. The second-order valence-corrected chi connectivity index (χ2v) is 4.03. The Morgan fingerprint density at radius 1 is 1.47 bits per heavy atom. The lowest BCUT2D eigenvalue weighted by atomic mass is 10.0. The van der Waals surface area contributed by atoms with Crippen molar-refractivity contribution in [2.45, 2.75) is 26.4 Å². The summed E-state index contributed by atoms with van der Waals surface area (Å²) in [5, 5.41) is 10.5. The van der Waals surface area contributed by atoms with Crippen molar-refractivity contribution in [2.24, 2.45) is 0 Å². The van der Waals surface area contributed by atoms with Gasteiger partial charge in [-0.05, 0) is 36.6 Å². The molecule has 0 fully saturated rings. The van der Waals surface area contributed by atoms with Crippen molar-refractivity contribution >= 4 is 11.6 Å².